The SMILES string of the molecule is CC[C@@H](C)NC(=O)/C(C#N)=C/c1ccc(OC)c(C)c1. The Hall–Kier alpha value is -2.28. The van der Waals surface area contributed by atoms with E-state index in [1.54, 1.807) is 13.2 Å². The molecule has 1 atom stereocenters. The highest BCUT2D eigenvalue weighted by Crippen LogP contribution is 2.20. The maximum Gasteiger partial charge on any atom is 0.262 e. The van der Waals surface area contributed by atoms with Crippen molar-refractivity contribution in [2.75, 3.05) is 7.11 Å². The Balaban J connectivity index is 2.97. The van der Waals surface area contributed by atoms with Gasteiger partial charge in [-0.05, 0) is 49.6 Å². The zero-order valence-corrected chi connectivity index (χ0v) is 12.4. The number of benzene rings is 1. The molecule has 20 heavy (non-hydrogen) atoms. The lowest BCUT2D eigenvalue weighted by molar-refractivity contribution is -0.117. The second kappa shape index (κ2) is 7.34. The number of rotatable bonds is 5. The summed E-state index contributed by atoms with van der Waals surface area (Å²) >= 11 is 0. The van der Waals surface area contributed by atoms with Crippen LogP contribution in [-0.2, 0) is 4.79 Å². The van der Waals surface area contributed by atoms with Gasteiger partial charge in [-0.3, -0.25) is 4.79 Å². The quantitative estimate of drug-likeness (QED) is 0.662. The molecule has 0 heterocycles. The first-order valence-electron chi connectivity index (χ1n) is 6.59. The summed E-state index contributed by atoms with van der Waals surface area (Å²) in [7, 11) is 1.61. The molecule has 0 radical (unpaired) electrons. The molecule has 0 aliphatic carbocycles. The van der Waals surface area contributed by atoms with Crippen molar-refractivity contribution < 1.29 is 9.53 Å². The Morgan fingerprint density at radius 2 is 2.25 bits per heavy atom. The third kappa shape index (κ3) is 4.13. The lowest BCUT2D eigenvalue weighted by atomic mass is 10.1. The van der Waals surface area contributed by atoms with Gasteiger partial charge in [-0.2, -0.15) is 5.26 Å². The van der Waals surface area contributed by atoms with E-state index in [4.69, 9.17) is 10.00 Å². The molecule has 1 aromatic carbocycles. The van der Waals surface area contributed by atoms with Crippen molar-refractivity contribution in [1.29, 1.82) is 5.26 Å². The molecule has 0 bridgehead atoms. The van der Waals surface area contributed by atoms with Crippen molar-refractivity contribution in [1.82, 2.24) is 5.32 Å². The highest BCUT2D eigenvalue weighted by atomic mass is 16.5. The number of nitrogens with one attached hydrogen (secondary N) is 1. The normalized spacial score (nSPS) is 12.4. The molecule has 0 unspecified atom stereocenters. The lowest BCUT2D eigenvalue weighted by Gasteiger charge is -2.10. The summed E-state index contributed by atoms with van der Waals surface area (Å²) in [5.74, 6) is 0.444. The number of carbonyl (C=O) groups excluding carboxylic acids is 1. The zero-order chi connectivity index (χ0) is 15.1. The fourth-order valence-corrected chi connectivity index (χ4v) is 1.71. The average Bonchev–Trinajstić information content (AvgIpc) is 2.44. The number of hydrogen-bond donors (Lipinski definition) is 1. The highest BCUT2D eigenvalue weighted by molar-refractivity contribution is 6.01. The number of aryl methyl sites for hydroxylation is 1. The monoisotopic (exact) mass is 272 g/mol. The van der Waals surface area contributed by atoms with Gasteiger partial charge in [-0.15, -0.1) is 0 Å². The van der Waals surface area contributed by atoms with Gasteiger partial charge in [0.05, 0.1) is 7.11 Å². The van der Waals surface area contributed by atoms with Crippen molar-refractivity contribution in [2.24, 2.45) is 0 Å². The van der Waals surface area contributed by atoms with Crippen LogP contribution in [0, 0.1) is 18.3 Å². The number of nitrogens with zero attached hydrogens (tertiary/aromatic N) is 1. The van der Waals surface area contributed by atoms with Crippen LogP contribution in [0.1, 0.15) is 31.4 Å². The highest BCUT2D eigenvalue weighted by Gasteiger charge is 2.11. The summed E-state index contributed by atoms with van der Waals surface area (Å²) in [6.07, 6.45) is 2.41. The van der Waals surface area contributed by atoms with Crippen molar-refractivity contribution in [3.8, 4) is 11.8 Å². The first-order chi connectivity index (χ1) is 9.51. The molecule has 1 aromatic rings. The second-order valence-electron chi connectivity index (χ2n) is 4.68. The molecule has 0 spiro atoms. The standard InChI is InChI=1S/C16H20N2O2/c1-5-12(3)18-16(19)14(10-17)9-13-6-7-15(20-4)11(2)8-13/h6-9,12H,5H2,1-4H3,(H,18,19)/b14-9+/t12-/m1/s1. The Bertz CT molecular complexity index is 556. The second-order valence-corrected chi connectivity index (χ2v) is 4.68. The number of ether oxygens (including phenoxy) is 1. The Kier molecular flexibility index (Phi) is 5.79. The first kappa shape index (κ1) is 15.8. The van der Waals surface area contributed by atoms with Crippen LogP contribution in [-0.4, -0.2) is 19.1 Å². The topological polar surface area (TPSA) is 62.1 Å². The number of amides is 1. The maximum atomic E-state index is 11.9. The smallest absolute Gasteiger partial charge is 0.262 e. The summed E-state index contributed by atoms with van der Waals surface area (Å²) in [6, 6.07) is 7.52. The van der Waals surface area contributed by atoms with Gasteiger partial charge >= 0.3 is 0 Å². The Morgan fingerprint density at radius 1 is 1.55 bits per heavy atom. The number of nitriles is 1. The van der Waals surface area contributed by atoms with E-state index in [-0.39, 0.29) is 17.5 Å². The summed E-state index contributed by atoms with van der Waals surface area (Å²) < 4.78 is 5.18. The summed E-state index contributed by atoms with van der Waals surface area (Å²) in [5.41, 5.74) is 1.87. The van der Waals surface area contributed by atoms with Gasteiger partial charge in [0.15, 0.2) is 0 Å². The lowest BCUT2D eigenvalue weighted by Crippen LogP contribution is -2.32. The molecule has 0 saturated carbocycles. The van der Waals surface area contributed by atoms with Gasteiger partial charge < -0.3 is 10.1 Å². The molecule has 4 heteroatoms. The molecule has 106 valence electrons. The fourth-order valence-electron chi connectivity index (χ4n) is 1.71. The first-order valence-corrected chi connectivity index (χ1v) is 6.59. The molecule has 0 saturated heterocycles. The predicted molar refractivity (Wildman–Crippen MR) is 79.2 cm³/mol. The Morgan fingerprint density at radius 3 is 2.75 bits per heavy atom. The molecular weight excluding hydrogens is 252 g/mol. The van der Waals surface area contributed by atoms with Gasteiger partial charge in [0.2, 0.25) is 0 Å². The van der Waals surface area contributed by atoms with Gasteiger partial charge in [0.25, 0.3) is 5.91 Å². The van der Waals surface area contributed by atoms with E-state index < -0.39 is 0 Å². The van der Waals surface area contributed by atoms with Gasteiger partial charge in [-0.1, -0.05) is 13.0 Å². The number of methoxy groups -OCH3 is 1. The molecule has 1 rings (SSSR count). The van der Waals surface area contributed by atoms with E-state index in [1.807, 2.05) is 45.0 Å². The molecule has 4 nitrogen and oxygen atoms in total. The molecule has 0 aliphatic rings. The van der Waals surface area contributed by atoms with E-state index in [2.05, 4.69) is 5.32 Å². The minimum absolute atomic E-state index is 0.0526. The zero-order valence-electron chi connectivity index (χ0n) is 12.4. The van der Waals surface area contributed by atoms with Crippen molar-refractivity contribution in [2.45, 2.75) is 33.2 Å². The summed E-state index contributed by atoms with van der Waals surface area (Å²) in [6.45, 7) is 5.80. The summed E-state index contributed by atoms with van der Waals surface area (Å²) in [4.78, 5) is 11.9. The average molecular weight is 272 g/mol. The van der Waals surface area contributed by atoms with E-state index in [9.17, 15) is 4.79 Å². The largest absolute Gasteiger partial charge is 0.496 e. The molecule has 1 N–H and O–H groups in total. The molecule has 0 aliphatic heterocycles. The Labute approximate surface area is 120 Å². The van der Waals surface area contributed by atoms with E-state index in [0.717, 1.165) is 23.3 Å². The minimum atomic E-state index is -0.338. The minimum Gasteiger partial charge on any atom is -0.496 e. The van der Waals surface area contributed by atoms with Crippen LogP contribution in [0.2, 0.25) is 0 Å². The molecule has 0 aromatic heterocycles. The van der Waals surface area contributed by atoms with Gasteiger partial charge in [0.1, 0.15) is 17.4 Å². The molecule has 0 fully saturated rings. The van der Waals surface area contributed by atoms with E-state index in [0.29, 0.717) is 0 Å². The predicted octanol–water partition coefficient (Wildman–Crippen LogP) is 2.83. The van der Waals surface area contributed by atoms with Crippen LogP contribution in [0.5, 0.6) is 5.75 Å². The van der Waals surface area contributed by atoms with E-state index in [1.165, 1.54) is 0 Å². The van der Waals surface area contributed by atoms with Crippen LogP contribution in [0.15, 0.2) is 23.8 Å². The third-order valence-electron chi connectivity index (χ3n) is 3.08. The summed E-state index contributed by atoms with van der Waals surface area (Å²) in [5, 5.41) is 11.9. The maximum absolute atomic E-state index is 11.9. The van der Waals surface area contributed by atoms with Crippen molar-refractivity contribution in [3.05, 3.63) is 34.9 Å². The third-order valence-corrected chi connectivity index (χ3v) is 3.08. The van der Waals surface area contributed by atoms with Crippen LogP contribution in [0.4, 0.5) is 0 Å². The van der Waals surface area contributed by atoms with Crippen molar-refractivity contribution in [3.63, 3.8) is 0 Å². The number of carbonyl (C=O) groups is 1. The van der Waals surface area contributed by atoms with Crippen molar-refractivity contribution >= 4 is 12.0 Å². The fraction of sp³-hybridized carbons (Fsp3) is 0.375. The van der Waals surface area contributed by atoms with Crippen LogP contribution >= 0.6 is 0 Å². The van der Waals surface area contributed by atoms with Crippen LogP contribution in [0.3, 0.4) is 0 Å². The van der Waals surface area contributed by atoms with Crippen LogP contribution in [0.25, 0.3) is 6.08 Å². The van der Waals surface area contributed by atoms with Crippen LogP contribution < -0.4 is 10.1 Å². The van der Waals surface area contributed by atoms with Gasteiger partial charge in [0, 0.05) is 6.04 Å². The molecule has 1 amide bonds. The molecular formula is C16H20N2O2. The number of hydrogen-bond acceptors (Lipinski definition) is 3. The van der Waals surface area contributed by atoms with E-state index >= 15 is 0 Å². The van der Waals surface area contributed by atoms with Gasteiger partial charge in [-0.25, -0.2) is 0 Å².